The number of nitrogens with zero attached hydrogens (tertiary/aromatic N) is 3. The summed E-state index contributed by atoms with van der Waals surface area (Å²) in [6.45, 7) is 3.83. The number of methoxy groups -OCH3 is 1. The Morgan fingerprint density at radius 1 is 0.970 bits per heavy atom. The van der Waals surface area contributed by atoms with Crippen LogP contribution in [0.5, 0.6) is 0 Å². The minimum Gasteiger partial charge on any atom is -0.380 e. The maximum atomic E-state index is 13.1. The zero-order valence-corrected chi connectivity index (χ0v) is 19.8. The van der Waals surface area contributed by atoms with Crippen molar-refractivity contribution in [3.05, 3.63) is 71.0 Å². The van der Waals surface area contributed by atoms with Crippen molar-refractivity contribution in [3.63, 3.8) is 0 Å². The summed E-state index contributed by atoms with van der Waals surface area (Å²) in [5, 5.41) is 0. The number of Topliss-reactive ketones (excluding diaryl/α,β-unsaturated/α-hetero) is 1. The molecule has 1 aliphatic rings. The number of ketones is 1. The first-order chi connectivity index (χ1) is 15.9. The standard InChI is InChI=1S/C26H34FN3O3/c1-28(16-20-4-6-22(7-5-20)19-33-3)26(32)29(2)17-21-12-14-30(15-13-21)18-25(31)23-8-10-24(27)11-9-23/h4-11,21H,12-19H2,1-3H3. The molecule has 0 aliphatic carbocycles. The van der Waals surface area contributed by atoms with Gasteiger partial charge in [0.2, 0.25) is 0 Å². The van der Waals surface area contributed by atoms with Gasteiger partial charge in [-0.15, -0.1) is 0 Å². The number of ether oxygens (including phenoxy) is 1. The summed E-state index contributed by atoms with van der Waals surface area (Å²) in [5.74, 6) is 0.0899. The number of hydrogen-bond acceptors (Lipinski definition) is 4. The van der Waals surface area contributed by atoms with E-state index in [2.05, 4.69) is 4.90 Å². The van der Waals surface area contributed by atoms with Gasteiger partial charge in [-0.05, 0) is 67.2 Å². The van der Waals surface area contributed by atoms with Gasteiger partial charge >= 0.3 is 6.03 Å². The monoisotopic (exact) mass is 455 g/mol. The van der Waals surface area contributed by atoms with Crippen molar-refractivity contribution < 1.29 is 18.7 Å². The third kappa shape index (κ3) is 7.37. The molecule has 2 aromatic carbocycles. The van der Waals surface area contributed by atoms with E-state index in [0.29, 0.717) is 37.7 Å². The molecule has 1 fully saturated rings. The summed E-state index contributed by atoms with van der Waals surface area (Å²) >= 11 is 0. The topological polar surface area (TPSA) is 53.1 Å². The molecule has 1 aliphatic heterocycles. The SMILES string of the molecule is COCc1ccc(CN(C)C(=O)N(C)CC2CCN(CC(=O)c3ccc(F)cc3)CC2)cc1. The fourth-order valence-electron chi connectivity index (χ4n) is 4.26. The van der Waals surface area contributed by atoms with E-state index < -0.39 is 0 Å². The van der Waals surface area contributed by atoms with Crippen LogP contribution in [0, 0.1) is 11.7 Å². The summed E-state index contributed by atoms with van der Waals surface area (Å²) in [6, 6.07) is 13.8. The number of halogens is 1. The van der Waals surface area contributed by atoms with Crippen LogP contribution in [0.25, 0.3) is 0 Å². The highest BCUT2D eigenvalue weighted by Crippen LogP contribution is 2.19. The van der Waals surface area contributed by atoms with Crippen molar-refractivity contribution in [3.8, 4) is 0 Å². The van der Waals surface area contributed by atoms with Crippen LogP contribution in [0.3, 0.4) is 0 Å². The lowest BCUT2D eigenvalue weighted by atomic mass is 9.96. The Kier molecular flexibility index (Phi) is 8.97. The molecule has 2 amide bonds. The first kappa shape index (κ1) is 24.9. The average molecular weight is 456 g/mol. The minimum absolute atomic E-state index is 0.00452. The van der Waals surface area contributed by atoms with Gasteiger partial charge in [0.05, 0.1) is 13.2 Å². The molecule has 0 N–H and O–H groups in total. The molecular weight excluding hydrogens is 421 g/mol. The maximum absolute atomic E-state index is 13.1. The van der Waals surface area contributed by atoms with Crippen LogP contribution in [0.1, 0.15) is 34.3 Å². The Bertz CT molecular complexity index is 909. The lowest BCUT2D eigenvalue weighted by Gasteiger charge is -2.34. The van der Waals surface area contributed by atoms with Crippen LogP contribution in [-0.2, 0) is 17.9 Å². The molecule has 0 bridgehead atoms. The van der Waals surface area contributed by atoms with Gasteiger partial charge in [-0.25, -0.2) is 9.18 Å². The highest BCUT2D eigenvalue weighted by Gasteiger charge is 2.24. The quantitative estimate of drug-likeness (QED) is 0.536. The third-order valence-electron chi connectivity index (χ3n) is 6.18. The number of carbonyl (C=O) groups is 2. The Morgan fingerprint density at radius 2 is 1.58 bits per heavy atom. The number of carbonyl (C=O) groups excluding carboxylic acids is 2. The molecule has 1 heterocycles. The molecule has 0 spiro atoms. The van der Waals surface area contributed by atoms with Crippen LogP contribution < -0.4 is 0 Å². The summed E-state index contributed by atoms with van der Waals surface area (Å²) in [4.78, 5) is 30.9. The van der Waals surface area contributed by atoms with E-state index in [1.54, 1.807) is 16.9 Å². The lowest BCUT2D eigenvalue weighted by molar-refractivity contribution is 0.0883. The van der Waals surface area contributed by atoms with E-state index in [0.717, 1.165) is 37.1 Å². The Labute approximate surface area is 195 Å². The van der Waals surface area contributed by atoms with Crippen LogP contribution in [-0.4, -0.2) is 73.9 Å². The lowest BCUT2D eigenvalue weighted by Crippen LogP contribution is -2.44. The predicted octanol–water partition coefficient (Wildman–Crippen LogP) is 4.05. The number of piperidine rings is 1. The second-order valence-corrected chi connectivity index (χ2v) is 8.92. The molecular formula is C26H34FN3O3. The van der Waals surface area contributed by atoms with E-state index in [4.69, 9.17) is 4.74 Å². The summed E-state index contributed by atoms with van der Waals surface area (Å²) in [7, 11) is 5.35. The molecule has 0 atom stereocenters. The number of urea groups is 1. The number of amides is 2. The van der Waals surface area contributed by atoms with Gasteiger partial charge in [0.25, 0.3) is 0 Å². The highest BCUT2D eigenvalue weighted by atomic mass is 19.1. The van der Waals surface area contributed by atoms with Crippen molar-refractivity contribution in [2.75, 3.05) is 47.4 Å². The first-order valence-electron chi connectivity index (χ1n) is 11.4. The molecule has 0 unspecified atom stereocenters. The molecule has 2 aromatic rings. The summed E-state index contributed by atoms with van der Waals surface area (Å²) in [5.41, 5.74) is 2.73. The second-order valence-electron chi connectivity index (χ2n) is 8.92. The van der Waals surface area contributed by atoms with Crippen molar-refractivity contribution in [1.29, 1.82) is 0 Å². The zero-order chi connectivity index (χ0) is 23.8. The summed E-state index contributed by atoms with van der Waals surface area (Å²) in [6.07, 6.45) is 1.89. The summed E-state index contributed by atoms with van der Waals surface area (Å²) < 4.78 is 18.2. The largest absolute Gasteiger partial charge is 0.380 e. The molecule has 0 saturated carbocycles. The van der Waals surface area contributed by atoms with Gasteiger partial charge in [0.1, 0.15) is 5.82 Å². The van der Waals surface area contributed by atoms with Gasteiger partial charge in [0, 0.05) is 39.9 Å². The van der Waals surface area contributed by atoms with Crippen molar-refractivity contribution in [1.82, 2.24) is 14.7 Å². The Hall–Kier alpha value is -2.77. The van der Waals surface area contributed by atoms with Crippen molar-refractivity contribution >= 4 is 11.8 Å². The molecule has 1 saturated heterocycles. The van der Waals surface area contributed by atoms with Gasteiger partial charge in [-0.2, -0.15) is 0 Å². The first-order valence-corrected chi connectivity index (χ1v) is 11.4. The van der Waals surface area contributed by atoms with E-state index in [1.165, 1.54) is 24.3 Å². The van der Waals surface area contributed by atoms with Crippen LogP contribution >= 0.6 is 0 Å². The van der Waals surface area contributed by atoms with Crippen molar-refractivity contribution in [2.45, 2.75) is 26.0 Å². The van der Waals surface area contributed by atoms with Gasteiger partial charge in [-0.3, -0.25) is 9.69 Å². The Balaban J connectivity index is 1.41. The molecule has 178 valence electrons. The fourth-order valence-corrected chi connectivity index (χ4v) is 4.26. The van der Waals surface area contributed by atoms with E-state index >= 15 is 0 Å². The molecule has 0 radical (unpaired) electrons. The number of rotatable bonds is 9. The molecule has 7 heteroatoms. The zero-order valence-electron chi connectivity index (χ0n) is 19.8. The molecule has 6 nitrogen and oxygen atoms in total. The Morgan fingerprint density at radius 3 is 2.18 bits per heavy atom. The molecule has 33 heavy (non-hydrogen) atoms. The second kappa shape index (κ2) is 11.9. The van der Waals surface area contributed by atoms with Crippen LogP contribution in [0.4, 0.5) is 9.18 Å². The number of benzene rings is 2. The van der Waals surface area contributed by atoms with Crippen molar-refractivity contribution in [2.24, 2.45) is 5.92 Å². The van der Waals surface area contributed by atoms with E-state index in [-0.39, 0.29) is 17.6 Å². The normalized spacial score (nSPS) is 14.8. The predicted molar refractivity (Wildman–Crippen MR) is 127 cm³/mol. The highest BCUT2D eigenvalue weighted by molar-refractivity contribution is 5.97. The van der Waals surface area contributed by atoms with Gasteiger partial charge in [0.15, 0.2) is 5.78 Å². The smallest absolute Gasteiger partial charge is 0.319 e. The number of hydrogen-bond donors (Lipinski definition) is 0. The molecule has 0 aromatic heterocycles. The minimum atomic E-state index is -0.336. The van der Waals surface area contributed by atoms with Gasteiger partial charge < -0.3 is 14.5 Å². The maximum Gasteiger partial charge on any atom is 0.319 e. The number of likely N-dealkylation sites (tertiary alicyclic amines) is 1. The van der Waals surface area contributed by atoms with E-state index in [9.17, 15) is 14.0 Å². The van der Waals surface area contributed by atoms with Crippen LogP contribution in [0.2, 0.25) is 0 Å². The van der Waals surface area contributed by atoms with E-state index in [1.807, 2.05) is 38.4 Å². The van der Waals surface area contributed by atoms with Crippen LogP contribution in [0.15, 0.2) is 48.5 Å². The average Bonchev–Trinajstić information content (AvgIpc) is 2.81. The molecule has 3 rings (SSSR count). The van der Waals surface area contributed by atoms with Gasteiger partial charge in [-0.1, -0.05) is 24.3 Å². The third-order valence-corrected chi connectivity index (χ3v) is 6.18. The fraction of sp³-hybridized carbons (Fsp3) is 0.462.